The highest BCUT2D eigenvalue weighted by atomic mass is 17.0. The highest BCUT2D eigenvalue weighted by molar-refractivity contribution is 6.46. The summed E-state index contributed by atoms with van der Waals surface area (Å²) in [6.07, 6.45) is 0. The van der Waals surface area contributed by atoms with Crippen molar-refractivity contribution in [1.82, 2.24) is 5.23 Å². The van der Waals surface area contributed by atoms with E-state index in [1.807, 2.05) is 0 Å². The van der Waals surface area contributed by atoms with Gasteiger partial charge in [-0.05, 0) is 12.7 Å². The minimum Gasteiger partial charge on any atom is -0.462 e. The Labute approximate surface area is 99.5 Å². The lowest BCUT2D eigenvalue weighted by Crippen LogP contribution is -2.48. The minimum absolute atomic E-state index is 0.0754. The second kappa shape index (κ2) is 7.85. The van der Waals surface area contributed by atoms with E-state index < -0.39 is 24.1 Å². The third-order valence-corrected chi connectivity index (χ3v) is 1.87. The van der Waals surface area contributed by atoms with E-state index in [-0.39, 0.29) is 19.1 Å². The van der Waals surface area contributed by atoms with Crippen molar-refractivity contribution in [3.63, 3.8) is 0 Å². The van der Waals surface area contributed by atoms with Gasteiger partial charge >= 0.3 is 13.0 Å². The Morgan fingerprint density at radius 2 is 2.12 bits per heavy atom. The van der Waals surface area contributed by atoms with Crippen LogP contribution in [0.1, 0.15) is 13.8 Å². The van der Waals surface area contributed by atoms with Crippen LogP contribution in [0.3, 0.4) is 0 Å². The molecule has 2 N–H and O–H groups in total. The van der Waals surface area contributed by atoms with Crippen LogP contribution in [-0.4, -0.2) is 42.4 Å². The second-order valence-corrected chi connectivity index (χ2v) is 3.79. The van der Waals surface area contributed by atoms with E-state index in [1.165, 1.54) is 6.82 Å². The monoisotopic (exact) mass is 248 g/mol. The van der Waals surface area contributed by atoms with E-state index in [1.54, 1.807) is 13.8 Å². The first-order valence-electron chi connectivity index (χ1n) is 5.22. The quantitative estimate of drug-likeness (QED) is 0.195. The Kier molecular flexibility index (Phi) is 7.23. The molecule has 0 radical (unpaired) electrons. The maximum atomic E-state index is 11.5. The summed E-state index contributed by atoms with van der Waals surface area (Å²) in [7, 11) is -0.843. The average Bonchev–Trinajstić information content (AvgIpc) is 2.19. The van der Waals surface area contributed by atoms with Crippen molar-refractivity contribution in [3.8, 4) is 0 Å². The first kappa shape index (κ1) is 15.7. The van der Waals surface area contributed by atoms with E-state index in [2.05, 4.69) is 10.1 Å². The number of nitrogens with zero attached hydrogens (tertiary/aromatic N) is 1. The maximum Gasteiger partial charge on any atom is 0.374 e. The van der Waals surface area contributed by atoms with Crippen LogP contribution in [-0.2, 0) is 14.4 Å². The van der Waals surface area contributed by atoms with Gasteiger partial charge in [0.2, 0.25) is 0 Å². The number of ether oxygens (including phenoxy) is 1. The molecule has 0 heterocycles. The summed E-state index contributed by atoms with van der Waals surface area (Å²) in [5, 5.41) is 20.6. The first-order valence-corrected chi connectivity index (χ1v) is 5.22. The topological polar surface area (TPSA) is 111 Å². The molecule has 17 heavy (non-hydrogen) atoms. The largest absolute Gasteiger partial charge is 0.462 e. The van der Waals surface area contributed by atoms with Crippen LogP contribution in [0.5, 0.6) is 0 Å². The zero-order valence-corrected chi connectivity index (χ0v) is 10.1. The molecule has 8 nitrogen and oxygen atoms in total. The van der Waals surface area contributed by atoms with Gasteiger partial charge in [0.25, 0.3) is 5.09 Å². The molecule has 1 unspecified atom stereocenters. The molecule has 0 aliphatic rings. The van der Waals surface area contributed by atoms with Crippen molar-refractivity contribution in [2.75, 3.05) is 13.2 Å². The summed E-state index contributed by atoms with van der Waals surface area (Å²) in [5.41, 5.74) is 0. The lowest BCUT2D eigenvalue weighted by molar-refractivity contribution is -0.757. The van der Waals surface area contributed by atoms with Gasteiger partial charge in [-0.25, -0.2) is 0 Å². The fraction of sp³-hybridized carbons (Fsp3) is 0.875. The van der Waals surface area contributed by atoms with E-state index in [0.717, 1.165) is 0 Å². The Bertz CT molecular complexity index is 260. The molecule has 0 aliphatic heterocycles. The third kappa shape index (κ3) is 7.53. The van der Waals surface area contributed by atoms with Crippen LogP contribution in [0.2, 0.25) is 6.82 Å². The minimum atomic E-state index is -0.957. The highest BCUT2D eigenvalue weighted by Crippen LogP contribution is 2.04. The molecule has 0 aliphatic carbocycles. The van der Waals surface area contributed by atoms with E-state index in [4.69, 9.17) is 9.76 Å². The standard InChI is InChI=1S/C8H17BN2O6/c1-6(2)7(10-9(3)13)8(12)16-4-5-17-11(14)15/h6-7,10,13H,4-5H2,1-3H3. The molecule has 1 atom stereocenters. The smallest absolute Gasteiger partial charge is 0.374 e. The van der Waals surface area contributed by atoms with Gasteiger partial charge in [-0.1, -0.05) is 13.8 Å². The normalized spacial score (nSPS) is 12.1. The van der Waals surface area contributed by atoms with Gasteiger partial charge in [-0.3, -0.25) is 4.79 Å². The number of esters is 1. The van der Waals surface area contributed by atoms with Crippen molar-refractivity contribution in [1.29, 1.82) is 0 Å². The summed E-state index contributed by atoms with van der Waals surface area (Å²) in [6, 6.07) is -0.661. The SMILES string of the molecule is CB(O)NC(C(=O)OCCO[N+](=O)[O-])C(C)C. The zero-order valence-electron chi connectivity index (χ0n) is 10.1. The number of nitrogens with one attached hydrogen (secondary N) is 1. The molecule has 0 spiro atoms. The van der Waals surface area contributed by atoms with Crippen LogP contribution in [0.15, 0.2) is 0 Å². The predicted octanol–water partition coefficient (Wildman–Crippen LogP) is -0.538. The van der Waals surface area contributed by atoms with Crippen LogP contribution >= 0.6 is 0 Å². The summed E-state index contributed by atoms with van der Waals surface area (Å²) in [6.45, 7) is 4.55. The van der Waals surface area contributed by atoms with Crippen molar-refractivity contribution in [3.05, 3.63) is 10.1 Å². The van der Waals surface area contributed by atoms with Crippen molar-refractivity contribution < 1.29 is 24.5 Å². The van der Waals surface area contributed by atoms with Gasteiger partial charge in [0, 0.05) is 0 Å². The van der Waals surface area contributed by atoms with Crippen LogP contribution in [0.4, 0.5) is 0 Å². The van der Waals surface area contributed by atoms with Gasteiger partial charge < -0.3 is 19.8 Å². The molecule has 0 amide bonds. The third-order valence-electron chi connectivity index (χ3n) is 1.87. The van der Waals surface area contributed by atoms with Crippen LogP contribution in [0, 0.1) is 16.0 Å². The van der Waals surface area contributed by atoms with Crippen molar-refractivity contribution >= 4 is 13.0 Å². The van der Waals surface area contributed by atoms with E-state index in [0.29, 0.717) is 0 Å². The predicted molar refractivity (Wildman–Crippen MR) is 59.5 cm³/mol. The van der Waals surface area contributed by atoms with Crippen LogP contribution in [0.25, 0.3) is 0 Å². The lowest BCUT2D eigenvalue weighted by atomic mass is 9.85. The first-order chi connectivity index (χ1) is 7.84. The molecular weight excluding hydrogens is 231 g/mol. The fourth-order valence-corrected chi connectivity index (χ4v) is 1.14. The van der Waals surface area contributed by atoms with Crippen molar-refractivity contribution in [2.45, 2.75) is 26.7 Å². The number of carbonyl (C=O) groups excluding carboxylic acids is 1. The Morgan fingerprint density at radius 3 is 2.53 bits per heavy atom. The summed E-state index contributed by atoms with van der Waals surface area (Å²) in [5.74, 6) is -0.651. The molecule has 0 fully saturated rings. The molecule has 0 aromatic rings. The number of carbonyl (C=O) groups is 1. The molecule has 0 rings (SSSR count). The van der Waals surface area contributed by atoms with Gasteiger partial charge in [0.15, 0.2) is 0 Å². The van der Waals surface area contributed by atoms with Crippen LogP contribution < -0.4 is 5.23 Å². The number of hydrogen-bond donors (Lipinski definition) is 2. The molecule has 0 bridgehead atoms. The lowest BCUT2D eigenvalue weighted by Gasteiger charge is -2.21. The molecule has 0 aromatic carbocycles. The molecule has 0 aromatic heterocycles. The zero-order chi connectivity index (χ0) is 13.4. The molecule has 0 saturated carbocycles. The summed E-state index contributed by atoms with van der Waals surface area (Å²) >= 11 is 0. The van der Waals surface area contributed by atoms with Gasteiger partial charge in [0.05, 0.1) is 0 Å². The van der Waals surface area contributed by atoms with E-state index in [9.17, 15) is 14.9 Å². The number of rotatable bonds is 8. The Balaban J connectivity index is 4.02. The van der Waals surface area contributed by atoms with Gasteiger partial charge in [-0.15, -0.1) is 10.1 Å². The Hall–Kier alpha value is -1.35. The van der Waals surface area contributed by atoms with E-state index >= 15 is 0 Å². The molecule has 9 heteroatoms. The average molecular weight is 248 g/mol. The Morgan fingerprint density at radius 1 is 1.53 bits per heavy atom. The van der Waals surface area contributed by atoms with Gasteiger partial charge in [-0.2, -0.15) is 0 Å². The van der Waals surface area contributed by atoms with Crippen molar-refractivity contribution in [2.24, 2.45) is 5.92 Å². The van der Waals surface area contributed by atoms with Gasteiger partial charge in [0.1, 0.15) is 19.3 Å². The molecule has 98 valence electrons. The fourth-order valence-electron chi connectivity index (χ4n) is 1.14. The molecule has 0 saturated heterocycles. The summed E-state index contributed by atoms with van der Waals surface area (Å²) < 4.78 is 4.77. The molecular formula is C8H17BN2O6. The maximum absolute atomic E-state index is 11.5. The summed E-state index contributed by atoms with van der Waals surface area (Å²) in [4.78, 5) is 25.4. The second-order valence-electron chi connectivity index (χ2n) is 3.79. The number of hydrogen-bond acceptors (Lipinski definition) is 7. The highest BCUT2D eigenvalue weighted by Gasteiger charge is 2.25.